The van der Waals surface area contributed by atoms with E-state index in [2.05, 4.69) is 258 Å². The average Bonchev–Trinajstić information content (AvgIpc) is 1.58. The van der Waals surface area contributed by atoms with E-state index in [9.17, 15) is 32.4 Å². The molecule has 23 nitrogen and oxygen atoms in total. The van der Waals surface area contributed by atoms with Crippen LogP contribution in [0.4, 0.5) is 4.79 Å². The Hall–Kier alpha value is -4.78. The van der Waals surface area contributed by atoms with Crippen molar-refractivity contribution in [2.75, 3.05) is 105 Å². The number of hydrogen-bond donors (Lipinski definition) is 2. The second kappa shape index (κ2) is 42.7. The lowest BCUT2D eigenvalue weighted by Crippen LogP contribution is -2.53. The summed E-state index contributed by atoms with van der Waals surface area (Å²) in [6.07, 6.45) is 20.3. The molecule has 0 aliphatic carbocycles. The number of ether oxygens (including phenoxy) is 2. The second-order valence-corrected chi connectivity index (χ2v) is 45.9. The van der Waals surface area contributed by atoms with Crippen LogP contribution in [0.15, 0.2) is 25.3 Å². The van der Waals surface area contributed by atoms with Crippen LogP contribution in [0, 0.1) is 78.8 Å². The fraction of sp³-hybridized carbons (Fsp3) is 0.899. The molecule has 9 aliphatic rings. The quantitative estimate of drug-likeness (QED) is 0.289. The van der Waals surface area contributed by atoms with Crippen molar-refractivity contribution >= 4 is 39.7 Å². The summed E-state index contributed by atoms with van der Waals surface area (Å²) in [5.41, 5.74) is 3.15. The van der Waals surface area contributed by atoms with E-state index in [-0.39, 0.29) is 57.4 Å². The molecule has 9 fully saturated rings. The van der Waals surface area contributed by atoms with E-state index in [1.807, 2.05) is 46.9 Å². The molecule has 0 aromatic carbocycles. The van der Waals surface area contributed by atoms with Crippen LogP contribution in [0.2, 0.25) is 0 Å². The highest BCUT2D eigenvalue weighted by molar-refractivity contribution is 7.88. The molecule has 656 valence electrons. The highest BCUT2D eigenvalue weighted by atomic mass is 32.2. The molecule has 0 spiro atoms. The van der Waals surface area contributed by atoms with Gasteiger partial charge < -0.3 is 43.9 Å². The Labute approximate surface area is 690 Å². The Morgan fingerprint density at radius 2 is 0.991 bits per heavy atom. The fourth-order valence-electron chi connectivity index (χ4n) is 16.4. The summed E-state index contributed by atoms with van der Waals surface area (Å²) in [6, 6.07) is 2.18. The van der Waals surface area contributed by atoms with Crippen LogP contribution < -0.4 is 10.6 Å². The maximum absolute atomic E-state index is 11.5. The number of nitrogens with one attached hydrogen (secondary N) is 2. The average molecular weight is 1610 g/mol. The van der Waals surface area contributed by atoms with Crippen molar-refractivity contribution < 1.29 is 41.9 Å². The van der Waals surface area contributed by atoms with Gasteiger partial charge in [0.1, 0.15) is 25.3 Å². The third kappa shape index (κ3) is 34.6. The van der Waals surface area contributed by atoms with Crippen LogP contribution in [-0.2, 0) is 38.7 Å². The molecule has 11 heterocycles. The first-order valence-electron chi connectivity index (χ1n) is 43.1. The molecular formula is C89H170N14O9S. The molecule has 24 heteroatoms. The first-order valence-corrected chi connectivity index (χ1v) is 45.0. The number of aromatic nitrogens is 6. The van der Waals surface area contributed by atoms with Gasteiger partial charge >= 0.3 is 6.09 Å². The lowest BCUT2D eigenvalue weighted by Gasteiger charge is -2.48. The van der Waals surface area contributed by atoms with Gasteiger partial charge in [0.2, 0.25) is 33.7 Å². The third-order valence-electron chi connectivity index (χ3n) is 25.7. The Morgan fingerprint density at radius 3 is 1.29 bits per heavy atom. The lowest BCUT2D eigenvalue weighted by molar-refractivity contribution is -0.158. The molecular weight excluding hydrogens is 1440 g/mol. The van der Waals surface area contributed by atoms with Crippen molar-refractivity contribution in [1.29, 1.82) is 0 Å². The Bertz CT molecular complexity index is 3240. The van der Waals surface area contributed by atoms with Crippen molar-refractivity contribution in [3.63, 3.8) is 0 Å². The number of hydrogen-bond acceptors (Lipinski definition) is 15. The van der Waals surface area contributed by atoms with E-state index in [4.69, 9.17) is 9.47 Å². The number of likely N-dealkylation sites (tertiary alicyclic amines) is 5. The Morgan fingerprint density at radius 1 is 0.531 bits per heavy atom. The summed E-state index contributed by atoms with van der Waals surface area (Å²) >= 11 is 0. The zero-order chi connectivity index (χ0) is 86.6. The Balaban J connectivity index is 0.000000331. The van der Waals surface area contributed by atoms with E-state index < -0.39 is 10.0 Å². The predicted octanol–water partition coefficient (Wildman–Crippen LogP) is 16.6. The minimum Gasteiger partial charge on any atom is -0.450 e. The molecule has 2 aromatic heterocycles. The second-order valence-electron chi connectivity index (χ2n) is 43.9. The highest BCUT2D eigenvalue weighted by Crippen LogP contribution is 2.45. The maximum atomic E-state index is 11.5. The molecule has 0 saturated carbocycles. The van der Waals surface area contributed by atoms with Crippen molar-refractivity contribution in [3.05, 3.63) is 25.3 Å². The van der Waals surface area contributed by atoms with Gasteiger partial charge in [-0.2, -0.15) is 0 Å². The number of piperidine rings is 4. The van der Waals surface area contributed by atoms with Crippen molar-refractivity contribution in [3.8, 4) is 0 Å². The van der Waals surface area contributed by atoms with Gasteiger partial charge in [-0.15, -0.1) is 20.4 Å². The number of carbonyl (C=O) groups excluding carboxylic acids is 5. The normalized spacial score (nSPS) is 24.6. The molecule has 9 aliphatic heterocycles. The third-order valence-corrected chi connectivity index (χ3v) is 27.0. The van der Waals surface area contributed by atoms with Crippen LogP contribution in [-0.4, -0.2) is 224 Å². The molecule has 113 heavy (non-hydrogen) atoms. The Kier molecular flexibility index (Phi) is 38.7. The predicted molar refractivity (Wildman–Crippen MR) is 462 cm³/mol. The fourth-order valence-corrected chi connectivity index (χ4v) is 17.4. The van der Waals surface area contributed by atoms with E-state index in [0.29, 0.717) is 107 Å². The molecule has 11 rings (SSSR count). The van der Waals surface area contributed by atoms with Crippen LogP contribution in [0.5, 0.6) is 0 Å². The number of nitrogens with zero attached hydrogens (tertiary/aromatic N) is 12. The van der Waals surface area contributed by atoms with Crippen molar-refractivity contribution in [2.45, 2.75) is 334 Å². The number of sulfonamides is 1. The van der Waals surface area contributed by atoms with Gasteiger partial charge in [-0.1, -0.05) is 159 Å². The monoisotopic (exact) mass is 1610 g/mol. The van der Waals surface area contributed by atoms with Crippen LogP contribution in [0.3, 0.4) is 0 Å². The minimum atomic E-state index is -2.99. The highest BCUT2D eigenvalue weighted by Gasteiger charge is 2.45. The zero-order valence-electron chi connectivity index (χ0n) is 78.4. The van der Waals surface area contributed by atoms with Gasteiger partial charge in [0, 0.05) is 145 Å². The van der Waals surface area contributed by atoms with Crippen LogP contribution >= 0.6 is 0 Å². The molecule has 2 aromatic rings. The van der Waals surface area contributed by atoms with Gasteiger partial charge in [0.05, 0.1) is 26.1 Å². The minimum absolute atomic E-state index is 0.139. The number of amides is 5. The first-order chi connectivity index (χ1) is 51.4. The van der Waals surface area contributed by atoms with E-state index in [1.54, 1.807) is 18.2 Å². The lowest BCUT2D eigenvalue weighted by atomic mass is 9.67. The molecule has 7 atom stereocenters. The van der Waals surface area contributed by atoms with Crippen molar-refractivity contribution in [2.24, 2.45) is 78.8 Å². The molecule has 0 radical (unpaired) electrons. The molecule has 9 saturated heterocycles. The summed E-state index contributed by atoms with van der Waals surface area (Å²) in [5.74, 6) is 4.28. The summed E-state index contributed by atoms with van der Waals surface area (Å²) in [7, 11) is -2.99. The molecule has 0 bridgehead atoms. The molecule has 7 unspecified atom stereocenters. The summed E-state index contributed by atoms with van der Waals surface area (Å²) in [4.78, 5) is 66.0. The van der Waals surface area contributed by atoms with Crippen LogP contribution in [0.1, 0.15) is 311 Å². The SMILES string of the molecule is CC(=O)N1CC(C(C)(C)C)C1.CC(=O)N1CCC(C(C)(C)C)C1.CC(C)(C)C1(C)COC1.CC(C)(C)C1CCC(=O)N1.CC(C)(C)C1CCNC1=O.CC(C)(C)N1CCC(n2cnnc2)CC1.CC1CC(n2cnnc2)CCN1C(C)(C)C.CC1CN(S(C)(=O)=O)CCC1C(C)(C)C.CCOC(=O)N1CCC(C(C)(C)C)CC1. The van der Waals surface area contributed by atoms with Gasteiger partial charge in [0.15, 0.2) is 0 Å². The van der Waals surface area contributed by atoms with Gasteiger partial charge in [-0.25, -0.2) is 17.5 Å². The molecule has 2 N–H and O–H groups in total. The van der Waals surface area contributed by atoms with Crippen LogP contribution in [0.25, 0.3) is 0 Å². The number of carbonyl (C=O) groups is 5. The summed E-state index contributed by atoms with van der Waals surface area (Å²) in [6.45, 7) is 85.9. The smallest absolute Gasteiger partial charge is 0.409 e. The maximum Gasteiger partial charge on any atom is 0.409 e. The zero-order valence-corrected chi connectivity index (χ0v) is 79.2. The van der Waals surface area contributed by atoms with Gasteiger partial charge in [0.25, 0.3) is 0 Å². The number of rotatable bonds is 4. The summed E-state index contributed by atoms with van der Waals surface area (Å²) < 4.78 is 38.9. The van der Waals surface area contributed by atoms with Gasteiger partial charge in [-0.3, -0.25) is 29.0 Å². The first kappa shape index (κ1) is 102. The van der Waals surface area contributed by atoms with E-state index >= 15 is 0 Å². The van der Waals surface area contributed by atoms with Gasteiger partial charge in [-0.05, 0) is 187 Å². The largest absolute Gasteiger partial charge is 0.450 e. The topological polar surface area (TPSA) is 243 Å². The standard InChI is InChI=1S/C12H22N4.C12H23NO2.C11H20N4.C11H23NO2S.C10H19NO.C9H17NO.2C8H15NO.C8H16O/c1-10-7-11(15-8-13-14-9-15)5-6-16(10)12(2,3)4;1-5-15-11(14)13-8-6-10(7-9-13)12(2,3)4;1-11(2,3)15-6-4-10(5-7-15)14-8-12-13-9-14;1-9-8-12(15(5,13)14)7-6-10(9)11(2,3)4;1-8(12)11-6-5-9(7-11)10(2,3)4;1-7(11)10-5-8(6-10)9(2,3)4;1-8(2,3)6-4-5-9-7(6)10;1-8(2,3)6-4-5-7(10)9-6;1-7(2,3)8(4)5-9-6-8/h8-11H,5-7H2,1-4H3;10H,5-9H2,1-4H3;8-10H,4-7H2,1-3H3;9-10H,6-8H2,1-5H3;9H,5-7H2,1-4H3;8H,5-6H2,1-4H3;2*6H,4-5H2,1-3H3,(H,9,10);5-6H2,1-4H3. The molecule has 5 amide bonds. The van der Waals surface area contributed by atoms with E-state index in [1.165, 1.54) is 51.4 Å². The van der Waals surface area contributed by atoms with Crippen molar-refractivity contribution in [1.82, 2.24) is 69.0 Å². The van der Waals surface area contributed by atoms with E-state index in [0.717, 1.165) is 104 Å². The summed E-state index contributed by atoms with van der Waals surface area (Å²) in [5, 5.41) is 21.3.